The van der Waals surface area contributed by atoms with E-state index in [1.807, 2.05) is 6.92 Å². The molecule has 1 atom stereocenters. The van der Waals surface area contributed by atoms with Crippen molar-refractivity contribution in [3.63, 3.8) is 0 Å². The molecular formula is C24H46O2. The second-order valence-electron chi connectivity index (χ2n) is 7.88. The van der Waals surface area contributed by atoms with E-state index < -0.39 is 5.97 Å². The fraction of sp³-hybridized carbons (Fsp3) is 0.875. The van der Waals surface area contributed by atoms with Crippen LogP contribution >= 0.6 is 0 Å². The SMILES string of the molecule is CCCCCCCCC=CCCCCCCCCCCC(CC)C(=O)O. The average Bonchev–Trinajstić information content (AvgIpc) is 2.63. The number of carboxylic acids is 1. The maximum atomic E-state index is 10.9. The van der Waals surface area contributed by atoms with Crippen molar-refractivity contribution in [2.45, 2.75) is 129 Å². The quantitative estimate of drug-likeness (QED) is 0.174. The smallest absolute Gasteiger partial charge is 0.306 e. The molecule has 0 aliphatic rings. The van der Waals surface area contributed by atoms with Crippen molar-refractivity contribution in [1.29, 1.82) is 0 Å². The van der Waals surface area contributed by atoms with Gasteiger partial charge in [0.25, 0.3) is 0 Å². The molecule has 2 nitrogen and oxygen atoms in total. The van der Waals surface area contributed by atoms with Crippen LogP contribution in [0.1, 0.15) is 129 Å². The number of allylic oxidation sites excluding steroid dienone is 2. The van der Waals surface area contributed by atoms with Crippen LogP contribution in [0.3, 0.4) is 0 Å². The van der Waals surface area contributed by atoms with Crippen LogP contribution in [0, 0.1) is 5.92 Å². The Morgan fingerprint density at radius 3 is 1.54 bits per heavy atom. The molecule has 0 amide bonds. The molecule has 1 unspecified atom stereocenters. The van der Waals surface area contributed by atoms with Gasteiger partial charge in [0.15, 0.2) is 0 Å². The van der Waals surface area contributed by atoms with Gasteiger partial charge in [-0.25, -0.2) is 0 Å². The predicted molar refractivity (Wildman–Crippen MR) is 115 cm³/mol. The maximum Gasteiger partial charge on any atom is 0.306 e. The molecule has 0 aliphatic heterocycles. The number of aliphatic carboxylic acids is 1. The van der Waals surface area contributed by atoms with Crippen LogP contribution in [0.4, 0.5) is 0 Å². The van der Waals surface area contributed by atoms with Crippen molar-refractivity contribution in [2.24, 2.45) is 5.92 Å². The Labute approximate surface area is 163 Å². The summed E-state index contributed by atoms with van der Waals surface area (Å²) in [7, 11) is 0. The summed E-state index contributed by atoms with van der Waals surface area (Å²) >= 11 is 0. The topological polar surface area (TPSA) is 37.3 Å². The number of hydrogen-bond donors (Lipinski definition) is 1. The first kappa shape index (κ1) is 25.2. The summed E-state index contributed by atoms with van der Waals surface area (Å²) in [5.41, 5.74) is 0. The van der Waals surface area contributed by atoms with Gasteiger partial charge in [0.1, 0.15) is 0 Å². The molecule has 0 aromatic carbocycles. The van der Waals surface area contributed by atoms with E-state index >= 15 is 0 Å². The Kier molecular flexibility index (Phi) is 19.9. The van der Waals surface area contributed by atoms with Crippen molar-refractivity contribution < 1.29 is 9.90 Å². The van der Waals surface area contributed by atoms with Crippen LogP contribution in [0.25, 0.3) is 0 Å². The number of unbranched alkanes of at least 4 members (excludes halogenated alkanes) is 14. The van der Waals surface area contributed by atoms with E-state index in [9.17, 15) is 4.79 Å². The molecule has 1 N–H and O–H groups in total. The van der Waals surface area contributed by atoms with Crippen molar-refractivity contribution in [3.8, 4) is 0 Å². The molecule has 0 bridgehead atoms. The lowest BCUT2D eigenvalue weighted by Crippen LogP contribution is -2.12. The normalized spacial score (nSPS) is 12.7. The zero-order valence-electron chi connectivity index (χ0n) is 17.8. The van der Waals surface area contributed by atoms with Crippen LogP contribution in [-0.4, -0.2) is 11.1 Å². The molecule has 0 radical (unpaired) electrons. The van der Waals surface area contributed by atoms with Gasteiger partial charge in [-0.3, -0.25) is 4.79 Å². The summed E-state index contributed by atoms with van der Waals surface area (Å²) in [4.78, 5) is 10.9. The second kappa shape index (κ2) is 20.5. The van der Waals surface area contributed by atoms with Crippen molar-refractivity contribution in [2.75, 3.05) is 0 Å². The minimum absolute atomic E-state index is 0.121. The molecule has 0 saturated heterocycles. The monoisotopic (exact) mass is 366 g/mol. The van der Waals surface area contributed by atoms with Crippen LogP contribution in [0.5, 0.6) is 0 Å². The highest BCUT2D eigenvalue weighted by molar-refractivity contribution is 5.69. The minimum atomic E-state index is -0.617. The maximum absolute atomic E-state index is 10.9. The lowest BCUT2D eigenvalue weighted by atomic mass is 9.98. The van der Waals surface area contributed by atoms with Gasteiger partial charge in [-0.05, 0) is 38.5 Å². The Balaban J connectivity index is 3.19. The molecule has 0 saturated carbocycles. The fourth-order valence-electron chi connectivity index (χ4n) is 3.49. The van der Waals surface area contributed by atoms with Gasteiger partial charge in [-0.15, -0.1) is 0 Å². The second-order valence-corrected chi connectivity index (χ2v) is 7.88. The Hall–Kier alpha value is -0.790. The van der Waals surface area contributed by atoms with E-state index in [4.69, 9.17) is 5.11 Å². The van der Waals surface area contributed by atoms with Gasteiger partial charge in [0.05, 0.1) is 5.92 Å². The third-order valence-corrected chi connectivity index (χ3v) is 5.41. The average molecular weight is 367 g/mol. The molecule has 0 rings (SSSR count). The first-order valence-electron chi connectivity index (χ1n) is 11.6. The zero-order valence-corrected chi connectivity index (χ0v) is 17.8. The summed E-state index contributed by atoms with van der Waals surface area (Å²) in [6, 6.07) is 0. The summed E-state index contributed by atoms with van der Waals surface area (Å²) in [6.45, 7) is 4.25. The first-order chi connectivity index (χ1) is 12.7. The Morgan fingerprint density at radius 1 is 0.692 bits per heavy atom. The van der Waals surface area contributed by atoms with Crippen LogP contribution in [0.2, 0.25) is 0 Å². The van der Waals surface area contributed by atoms with Crippen molar-refractivity contribution >= 4 is 5.97 Å². The van der Waals surface area contributed by atoms with Gasteiger partial charge < -0.3 is 5.11 Å². The number of carboxylic acid groups (broad SMARTS) is 1. The Morgan fingerprint density at radius 2 is 1.12 bits per heavy atom. The van der Waals surface area contributed by atoms with Gasteiger partial charge >= 0.3 is 5.97 Å². The van der Waals surface area contributed by atoms with Crippen molar-refractivity contribution in [1.82, 2.24) is 0 Å². The van der Waals surface area contributed by atoms with Gasteiger partial charge in [0.2, 0.25) is 0 Å². The van der Waals surface area contributed by atoms with Gasteiger partial charge in [0, 0.05) is 0 Å². The lowest BCUT2D eigenvalue weighted by Gasteiger charge is -2.08. The lowest BCUT2D eigenvalue weighted by molar-refractivity contribution is -0.142. The minimum Gasteiger partial charge on any atom is -0.481 e. The molecule has 26 heavy (non-hydrogen) atoms. The van der Waals surface area contributed by atoms with E-state index in [0.29, 0.717) is 0 Å². The third kappa shape index (κ3) is 18.0. The molecule has 0 fully saturated rings. The highest BCUT2D eigenvalue weighted by atomic mass is 16.4. The summed E-state index contributed by atoms with van der Waals surface area (Å²) in [5.74, 6) is -0.738. The van der Waals surface area contributed by atoms with E-state index in [0.717, 1.165) is 19.3 Å². The molecule has 0 aromatic heterocycles. The van der Waals surface area contributed by atoms with Gasteiger partial charge in [-0.2, -0.15) is 0 Å². The van der Waals surface area contributed by atoms with Crippen LogP contribution in [0.15, 0.2) is 12.2 Å². The zero-order chi connectivity index (χ0) is 19.3. The van der Waals surface area contributed by atoms with E-state index in [2.05, 4.69) is 19.1 Å². The molecular weight excluding hydrogens is 320 g/mol. The van der Waals surface area contributed by atoms with Crippen molar-refractivity contribution in [3.05, 3.63) is 12.2 Å². The predicted octanol–water partition coefficient (Wildman–Crippen LogP) is 8.31. The summed E-state index contributed by atoms with van der Waals surface area (Å²) < 4.78 is 0. The van der Waals surface area contributed by atoms with E-state index in [1.165, 1.54) is 96.3 Å². The first-order valence-corrected chi connectivity index (χ1v) is 11.6. The van der Waals surface area contributed by atoms with Gasteiger partial charge in [-0.1, -0.05) is 103 Å². The third-order valence-electron chi connectivity index (χ3n) is 5.41. The van der Waals surface area contributed by atoms with E-state index in [-0.39, 0.29) is 5.92 Å². The summed E-state index contributed by atoms with van der Waals surface area (Å²) in [6.07, 6.45) is 27.5. The highest BCUT2D eigenvalue weighted by Gasteiger charge is 2.13. The van der Waals surface area contributed by atoms with E-state index in [1.54, 1.807) is 0 Å². The van der Waals surface area contributed by atoms with Crippen LogP contribution in [-0.2, 0) is 4.79 Å². The standard InChI is InChI=1S/C24H46O2/c1-3-5-6-7-8-9-10-11-12-13-14-15-16-17-18-19-20-21-22-23(4-2)24(25)26/h11-12,23H,3-10,13-22H2,1-2H3,(H,25,26). The molecule has 0 heterocycles. The Bertz CT molecular complexity index is 322. The largest absolute Gasteiger partial charge is 0.481 e. The number of rotatable bonds is 20. The fourth-order valence-corrected chi connectivity index (χ4v) is 3.49. The highest BCUT2D eigenvalue weighted by Crippen LogP contribution is 2.16. The summed E-state index contributed by atoms with van der Waals surface area (Å²) in [5, 5.41) is 9.01. The molecule has 2 heteroatoms. The molecule has 154 valence electrons. The number of hydrogen-bond acceptors (Lipinski definition) is 1. The molecule has 0 aromatic rings. The number of carbonyl (C=O) groups is 1. The molecule has 0 aliphatic carbocycles. The molecule has 0 spiro atoms. The van der Waals surface area contributed by atoms with Crippen LogP contribution < -0.4 is 0 Å².